The fourth-order valence-electron chi connectivity index (χ4n) is 0.149. The normalized spacial score (nSPS) is 12.0. The Kier molecular flexibility index (Phi) is 3.41. The van der Waals surface area contributed by atoms with Crippen LogP contribution >= 0.6 is 0 Å². The standard InChI is InChI=1S/C3H10O2Si/c1-3(2)5-6-4/h3-4H,6H2,1-2H3. The Morgan fingerprint density at radius 3 is 2.17 bits per heavy atom. The highest BCUT2D eigenvalue weighted by Gasteiger charge is 1.85. The van der Waals surface area contributed by atoms with E-state index in [1.807, 2.05) is 13.8 Å². The Morgan fingerprint density at radius 1 is 1.67 bits per heavy atom. The van der Waals surface area contributed by atoms with Gasteiger partial charge in [-0.15, -0.1) is 0 Å². The molecule has 0 amide bonds. The zero-order chi connectivity index (χ0) is 4.99. The van der Waals surface area contributed by atoms with Gasteiger partial charge in [0.2, 0.25) is 0 Å². The summed E-state index contributed by atoms with van der Waals surface area (Å²) < 4.78 is 4.74. The molecular formula is C3H10O2Si. The van der Waals surface area contributed by atoms with E-state index < -0.39 is 10.0 Å². The van der Waals surface area contributed by atoms with Crippen molar-refractivity contribution in [2.75, 3.05) is 0 Å². The Hall–Kier alpha value is 0.137. The lowest BCUT2D eigenvalue weighted by molar-refractivity contribution is 0.219. The van der Waals surface area contributed by atoms with Gasteiger partial charge in [-0.2, -0.15) is 0 Å². The van der Waals surface area contributed by atoms with Gasteiger partial charge >= 0.3 is 10.0 Å². The predicted molar refractivity (Wildman–Crippen MR) is 27.0 cm³/mol. The molecule has 0 radical (unpaired) electrons. The number of hydrogen-bond acceptors (Lipinski definition) is 2. The fraction of sp³-hybridized carbons (Fsp3) is 1.00. The minimum absolute atomic E-state index is 0.210. The van der Waals surface area contributed by atoms with E-state index in [4.69, 9.17) is 9.22 Å². The molecule has 0 aliphatic carbocycles. The van der Waals surface area contributed by atoms with Crippen molar-refractivity contribution >= 4 is 10.0 Å². The van der Waals surface area contributed by atoms with Crippen LogP contribution in [0.25, 0.3) is 0 Å². The molecule has 0 bridgehead atoms. The van der Waals surface area contributed by atoms with E-state index in [2.05, 4.69) is 0 Å². The Bertz CT molecular complexity index is 30.0. The van der Waals surface area contributed by atoms with Crippen LogP contribution in [0.4, 0.5) is 0 Å². The van der Waals surface area contributed by atoms with Crippen LogP contribution < -0.4 is 0 Å². The van der Waals surface area contributed by atoms with Crippen molar-refractivity contribution in [1.29, 1.82) is 0 Å². The lowest BCUT2D eigenvalue weighted by atomic mass is 10.5. The molecule has 0 aromatic heterocycles. The van der Waals surface area contributed by atoms with Crippen LogP contribution in [0.3, 0.4) is 0 Å². The van der Waals surface area contributed by atoms with Crippen molar-refractivity contribution in [3.63, 3.8) is 0 Å². The first-order valence-electron chi connectivity index (χ1n) is 2.00. The van der Waals surface area contributed by atoms with Crippen LogP contribution in [-0.4, -0.2) is 20.9 Å². The first kappa shape index (κ1) is 6.14. The van der Waals surface area contributed by atoms with Crippen LogP contribution in [0, 0.1) is 0 Å². The molecule has 0 saturated carbocycles. The van der Waals surface area contributed by atoms with Gasteiger partial charge in [0, 0.05) is 6.10 Å². The fourth-order valence-corrected chi connectivity index (χ4v) is 0.447. The molecule has 0 aromatic carbocycles. The van der Waals surface area contributed by atoms with Gasteiger partial charge in [-0.3, -0.25) is 0 Å². The SMILES string of the molecule is CC(C)O[SiH2]O. The lowest BCUT2D eigenvalue weighted by Crippen LogP contribution is -2.05. The van der Waals surface area contributed by atoms with Crippen LogP contribution in [0.5, 0.6) is 0 Å². The zero-order valence-electron chi connectivity index (χ0n) is 4.14. The van der Waals surface area contributed by atoms with Crippen LogP contribution in [0.15, 0.2) is 0 Å². The Balaban J connectivity index is 2.63. The lowest BCUT2D eigenvalue weighted by Gasteiger charge is -1.99. The smallest absolute Gasteiger partial charge is 0.301 e. The summed E-state index contributed by atoms with van der Waals surface area (Å²) in [5.41, 5.74) is 0. The average Bonchev–Trinajstić information content (AvgIpc) is 1.35. The molecule has 0 aliphatic heterocycles. The molecule has 0 spiro atoms. The summed E-state index contributed by atoms with van der Waals surface area (Å²) >= 11 is 0. The van der Waals surface area contributed by atoms with E-state index in [1.165, 1.54) is 0 Å². The molecule has 0 fully saturated rings. The maximum Gasteiger partial charge on any atom is 0.301 e. The largest absolute Gasteiger partial charge is 0.415 e. The predicted octanol–water partition coefficient (Wildman–Crippen LogP) is -0.597. The van der Waals surface area contributed by atoms with Crippen molar-refractivity contribution in [2.45, 2.75) is 20.0 Å². The molecule has 0 heterocycles. The second-order valence-electron chi connectivity index (χ2n) is 1.34. The molecule has 3 heteroatoms. The van der Waals surface area contributed by atoms with E-state index in [1.54, 1.807) is 0 Å². The summed E-state index contributed by atoms with van der Waals surface area (Å²) in [4.78, 5) is 8.15. The third kappa shape index (κ3) is 4.14. The minimum Gasteiger partial charge on any atom is -0.415 e. The Morgan fingerprint density at radius 2 is 2.17 bits per heavy atom. The van der Waals surface area contributed by atoms with Gasteiger partial charge in [0.25, 0.3) is 0 Å². The molecule has 38 valence electrons. The van der Waals surface area contributed by atoms with Crippen molar-refractivity contribution in [3.8, 4) is 0 Å². The molecule has 0 saturated heterocycles. The molecule has 1 N–H and O–H groups in total. The van der Waals surface area contributed by atoms with Crippen LogP contribution in [-0.2, 0) is 4.43 Å². The third-order valence-electron chi connectivity index (χ3n) is 0.408. The highest BCUT2D eigenvalue weighted by molar-refractivity contribution is 6.15. The first-order chi connectivity index (χ1) is 2.77. The monoisotopic (exact) mass is 106 g/mol. The minimum atomic E-state index is -1.13. The van der Waals surface area contributed by atoms with Gasteiger partial charge < -0.3 is 9.22 Å². The first-order valence-corrected chi connectivity index (χ1v) is 3.21. The number of rotatable bonds is 2. The summed E-state index contributed by atoms with van der Waals surface area (Å²) in [5.74, 6) is 0. The van der Waals surface area contributed by atoms with Crippen LogP contribution in [0.1, 0.15) is 13.8 Å². The molecular weight excluding hydrogens is 96.1 g/mol. The maximum atomic E-state index is 8.15. The zero-order valence-corrected chi connectivity index (χ0v) is 5.55. The summed E-state index contributed by atoms with van der Waals surface area (Å²) in [6.45, 7) is 3.81. The summed E-state index contributed by atoms with van der Waals surface area (Å²) in [6, 6.07) is 0. The summed E-state index contributed by atoms with van der Waals surface area (Å²) in [6.07, 6.45) is 0.210. The topological polar surface area (TPSA) is 29.5 Å². The van der Waals surface area contributed by atoms with Crippen molar-refractivity contribution in [1.82, 2.24) is 0 Å². The van der Waals surface area contributed by atoms with Crippen molar-refractivity contribution < 1.29 is 9.22 Å². The van der Waals surface area contributed by atoms with E-state index >= 15 is 0 Å². The maximum absolute atomic E-state index is 8.15. The number of hydrogen-bond donors (Lipinski definition) is 1. The highest BCUT2D eigenvalue weighted by Crippen LogP contribution is 1.80. The quantitative estimate of drug-likeness (QED) is 0.476. The van der Waals surface area contributed by atoms with Gasteiger partial charge in [0.05, 0.1) is 0 Å². The second-order valence-corrected chi connectivity index (χ2v) is 1.94. The van der Waals surface area contributed by atoms with E-state index in [-0.39, 0.29) is 6.10 Å². The van der Waals surface area contributed by atoms with E-state index in [0.29, 0.717) is 0 Å². The molecule has 0 aromatic rings. The van der Waals surface area contributed by atoms with Gasteiger partial charge in [-0.1, -0.05) is 0 Å². The molecule has 0 aliphatic rings. The highest BCUT2D eigenvalue weighted by atomic mass is 28.2. The average molecular weight is 106 g/mol. The molecule has 0 rings (SSSR count). The Labute approximate surface area is 40.2 Å². The van der Waals surface area contributed by atoms with E-state index in [0.717, 1.165) is 0 Å². The molecule has 6 heavy (non-hydrogen) atoms. The van der Waals surface area contributed by atoms with E-state index in [9.17, 15) is 0 Å². The van der Waals surface area contributed by atoms with Gasteiger partial charge in [-0.05, 0) is 13.8 Å². The summed E-state index contributed by atoms with van der Waals surface area (Å²) in [7, 11) is -1.13. The van der Waals surface area contributed by atoms with Crippen LogP contribution in [0.2, 0.25) is 0 Å². The second kappa shape index (κ2) is 3.33. The molecule has 0 unspecified atom stereocenters. The molecule has 2 nitrogen and oxygen atoms in total. The molecule has 0 atom stereocenters. The van der Waals surface area contributed by atoms with Gasteiger partial charge in [0.1, 0.15) is 0 Å². The third-order valence-corrected chi connectivity index (χ3v) is 1.22. The summed E-state index contributed by atoms with van der Waals surface area (Å²) in [5, 5.41) is 0. The van der Waals surface area contributed by atoms with Crippen molar-refractivity contribution in [2.24, 2.45) is 0 Å². The van der Waals surface area contributed by atoms with Crippen molar-refractivity contribution in [3.05, 3.63) is 0 Å². The van der Waals surface area contributed by atoms with Gasteiger partial charge in [0.15, 0.2) is 0 Å². The van der Waals surface area contributed by atoms with Gasteiger partial charge in [-0.25, -0.2) is 0 Å².